The Morgan fingerprint density at radius 2 is 1.87 bits per heavy atom. The third-order valence-corrected chi connectivity index (χ3v) is 6.66. The highest BCUT2D eigenvalue weighted by atomic mass is 16.5. The second-order valence-electron chi connectivity index (χ2n) is 8.76. The smallest absolute Gasteiger partial charge is 0.335 e. The molecule has 1 aromatic rings. The molecule has 3 rings (SSSR count). The second-order valence-corrected chi connectivity index (χ2v) is 8.76. The molecule has 2 fully saturated rings. The summed E-state index contributed by atoms with van der Waals surface area (Å²) in [6.45, 7) is 0.872. The van der Waals surface area contributed by atoms with E-state index >= 15 is 0 Å². The molecule has 0 saturated heterocycles. The van der Waals surface area contributed by atoms with Crippen molar-refractivity contribution in [2.24, 2.45) is 17.6 Å². The lowest BCUT2D eigenvalue weighted by Gasteiger charge is -2.38. The van der Waals surface area contributed by atoms with E-state index in [1.165, 1.54) is 6.42 Å². The number of rotatable bonds is 9. The van der Waals surface area contributed by atoms with Gasteiger partial charge in [0.2, 0.25) is 5.91 Å². The summed E-state index contributed by atoms with van der Waals surface area (Å²) in [6, 6.07) is 4.94. The normalized spacial score (nSPS) is 22.8. The Kier molecular flexibility index (Phi) is 7.72. The summed E-state index contributed by atoms with van der Waals surface area (Å²) in [4.78, 5) is 25.9. The first kappa shape index (κ1) is 22.6. The lowest BCUT2D eigenvalue weighted by molar-refractivity contribution is -0.136. The van der Waals surface area contributed by atoms with Gasteiger partial charge >= 0.3 is 5.97 Å². The number of nitrogens with two attached hydrogens (primary N) is 1. The lowest BCUT2D eigenvalue weighted by Crippen LogP contribution is -2.52. The molecule has 166 valence electrons. The van der Waals surface area contributed by atoms with Gasteiger partial charge in [-0.05, 0) is 80.5 Å². The molecule has 0 heterocycles. The fourth-order valence-corrected chi connectivity index (χ4v) is 4.44. The number of benzene rings is 1. The Hall–Kier alpha value is -2.12. The van der Waals surface area contributed by atoms with Crippen LogP contribution in [0.1, 0.15) is 60.9 Å². The summed E-state index contributed by atoms with van der Waals surface area (Å²) in [5.41, 5.74) is 7.29. The average molecular weight is 419 g/mol. The highest BCUT2D eigenvalue weighted by Gasteiger charge is 2.34. The quantitative estimate of drug-likeness (QED) is 0.639. The molecular weight excluding hydrogens is 384 g/mol. The summed E-state index contributed by atoms with van der Waals surface area (Å²) in [6.07, 6.45) is 7.14. The molecule has 2 saturated carbocycles. The van der Waals surface area contributed by atoms with Crippen molar-refractivity contribution in [3.8, 4) is 5.75 Å². The molecule has 7 heteroatoms. The van der Waals surface area contributed by atoms with Gasteiger partial charge in [0.25, 0.3) is 0 Å². The zero-order valence-corrected chi connectivity index (χ0v) is 18.0. The summed E-state index contributed by atoms with van der Waals surface area (Å²) < 4.78 is 11.0. The first-order valence-corrected chi connectivity index (χ1v) is 10.9. The topological polar surface area (TPSA) is 102 Å². The number of methoxy groups -OCH3 is 1. The molecule has 0 radical (unpaired) electrons. The number of aromatic carboxylic acids is 1. The van der Waals surface area contributed by atoms with Gasteiger partial charge in [0, 0.05) is 20.2 Å². The maximum Gasteiger partial charge on any atom is 0.335 e. The van der Waals surface area contributed by atoms with Crippen molar-refractivity contribution in [1.29, 1.82) is 0 Å². The molecule has 7 nitrogen and oxygen atoms in total. The number of likely N-dealkylation sites (N-methyl/N-ethyl adjacent to an activating group) is 1. The standard InChI is InChI=1S/C23H34N2O5/c1-25(19-4-3-5-19)22(26)21(24)17-8-6-15(7-9-17)14-30-20-11-16(13-29-2)10-18(12-20)23(27)28/h10-12,15,17,19,21H,3-9,13-14,24H2,1-2H3,(H,27,28)/t15?,17?,21-/m0/s1. The van der Waals surface area contributed by atoms with E-state index in [1.54, 1.807) is 19.2 Å². The first-order valence-electron chi connectivity index (χ1n) is 10.9. The lowest BCUT2D eigenvalue weighted by atomic mass is 9.78. The van der Waals surface area contributed by atoms with Gasteiger partial charge in [-0.2, -0.15) is 0 Å². The molecule has 0 aliphatic heterocycles. The number of nitrogens with zero attached hydrogens (tertiary/aromatic N) is 1. The van der Waals surface area contributed by atoms with E-state index in [-0.39, 0.29) is 17.4 Å². The third-order valence-electron chi connectivity index (χ3n) is 6.66. The van der Waals surface area contributed by atoms with Crippen LogP contribution in [-0.2, 0) is 16.1 Å². The number of hydrogen-bond acceptors (Lipinski definition) is 5. The van der Waals surface area contributed by atoms with Gasteiger partial charge in [-0.15, -0.1) is 0 Å². The highest BCUT2D eigenvalue weighted by Crippen LogP contribution is 2.32. The average Bonchev–Trinajstić information content (AvgIpc) is 2.70. The molecule has 1 aromatic carbocycles. The maximum atomic E-state index is 12.7. The molecule has 1 atom stereocenters. The van der Waals surface area contributed by atoms with Crippen molar-refractivity contribution in [2.75, 3.05) is 20.8 Å². The van der Waals surface area contributed by atoms with Crippen molar-refractivity contribution in [1.82, 2.24) is 4.90 Å². The summed E-state index contributed by atoms with van der Waals surface area (Å²) in [5, 5.41) is 9.30. The number of carbonyl (C=O) groups is 2. The van der Waals surface area contributed by atoms with Crippen LogP contribution in [0.4, 0.5) is 0 Å². The van der Waals surface area contributed by atoms with Gasteiger partial charge in [0.1, 0.15) is 5.75 Å². The molecule has 3 N–H and O–H groups in total. The number of carbonyl (C=O) groups excluding carboxylic acids is 1. The van der Waals surface area contributed by atoms with Gasteiger partial charge in [-0.1, -0.05) is 0 Å². The van der Waals surface area contributed by atoms with Crippen molar-refractivity contribution in [2.45, 2.75) is 63.6 Å². The Bertz CT molecular complexity index is 741. The fraction of sp³-hybridized carbons (Fsp3) is 0.652. The summed E-state index contributed by atoms with van der Waals surface area (Å²) in [7, 11) is 3.46. The van der Waals surface area contributed by atoms with E-state index in [2.05, 4.69) is 0 Å². The predicted molar refractivity (Wildman–Crippen MR) is 113 cm³/mol. The molecular formula is C23H34N2O5. The van der Waals surface area contributed by atoms with Gasteiger partial charge < -0.3 is 25.2 Å². The van der Waals surface area contributed by atoms with Crippen LogP contribution in [0.5, 0.6) is 5.75 Å². The second kappa shape index (κ2) is 10.3. The van der Waals surface area contributed by atoms with Crippen LogP contribution >= 0.6 is 0 Å². The number of carboxylic acids is 1. The maximum absolute atomic E-state index is 12.7. The van der Waals surface area contributed by atoms with Crippen LogP contribution in [0.25, 0.3) is 0 Å². The molecule has 0 unspecified atom stereocenters. The third kappa shape index (κ3) is 5.52. The first-order chi connectivity index (χ1) is 14.4. The predicted octanol–water partition coefficient (Wildman–Crippen LogP) is 3.05. The van der Waals surface area contributed by atoms with Crippen LogP contribution in [0.3, 0.4) is 0 Å². The number of ether oxygens (including phenoxy) is 2. The van der Waals surface area contributed by atoms with Crippen molar-refractivity contribution < 1.29 is 24.2 Å². The largest absolute Gasteiger partial charge is 0.493 e. The van der Waals surface area contributed by atoms with Crippen LogP contribution in [0.15, 0.2) is 18.2 Å². The summed E-state index contributed by atoms with van der Waals surface area (Å²) in [5.74, 6) is 0.254. The molecule has 0 aromatic heterocycles. The molecule has 30 heavy (non-hydrogen) atoms. The van der Waals surface area contributed by atoms with Crippen LogP contribution < -0.4 is 10.5 Å². The molecule has 0 spiro atoms. The van der Waals surface area contributed by atoms with E-state index in [1.807, 2.05) is 18.0 Å². The number of hydrogen-bond donors (Lipinski definition) is 2. The fourth-order valence-electron chi connectivity index (χ4n) is 4.44. The van der Waals surface area contributed by atoms with E-state index in [0.29, 0.717) is 30.9 Å². The van der Waals surface area contributed by atoms with E-state index in [9.17, 15) is 14.7 Å². The highest BCUT2D eigenvalue weighted by molar-refractivity contribution is 5.88. The van der Waals surface area contributed by atoms with Gasteiger partial charge in [0.05, 0.1) is 24.8 Å². The Morgan fingerprint density at radius 1 is 1.17 bits per heavy atom. The van der Waals surface area contributed by atoms with E-state index in [4.69, 9.17) is 15.2 Å². The monoisotopic (exact) mass is 418 g/mol. The number of carboxylic acid groups (broad SMARTS) is 1. The zero-order valence-electron chi connectivity index (χ0n) is 18.0. The molecule has 1 amide bonds. The zero-order chi connectivity index (χ0) is 21.7. The van der Waals surface area contributed by atoms with Crippen LogP contribution in [0, 0.1) is 11.8 Å². The number of amides is 1. The van der Waals surface area contributed by atoms with Crippen molar-refractivity contribution in [3.05, 3.63) is 29.3 Å². The Labute approximate surface area is 178 Å². The molecule has 2 aliphatic carbocycles. The van der Waals surface area contributed by atoms with E-state index in [0.717, 1.165) is 44.1 Å². The minimum atomic E-state index is -0.983. The van der Waals surface area contributed by atoms with Gasteiger partial charge in [-0.3, -0.25) is 4.79 Å². The summed E-state index contributed by atoms with van der Waals surface area (Å²) >= 11 is 0. The van der Waals surface area contributed by atoms with Gasteiger partial charge in [-0.25, -0.2) is 4.79 Å². The minimum Gasteiger partial charge on any atom is -0.493 e. The van der Waals surface area contributed by atoms with Gasteiger partial charge in [0.15, 0.2) is 0 Å². The van der Waals surface area contributed by atoms with E-state index < -0.39 is 12.0 Å². The molecule has 2 aliphatic rings. The van der Waals surface area contributed by atoms with Crippen LogP contribution in [0.2, 0.25) is 0 Å². The van der Waals surface area contributed by atoms with Crippen molar-refractivity contribution in [3.63, 3.8) is 0 Å². The molecule has 0 bridgehead atoms. The Balaban J connectivity index is 1.49. The Morgan fingerprint density at radius 3 is 2.43 bits per heavy atom. The SMILES string of the molecule is COCc1cc(OCC2CCC([C@H](N)C(=O)N(C)C3CCC3)CC2)cc(C(=O)O)c1. The minimum absolute atomic E-state index is 0.0792. The van der Waals surface area contributed by atoms with Crippen LogP contribution in [-0.4, -0.2) is 54.7 Å². The van der Waals surface area contributed by atoms with Crippen molar-refractivity contribution >= 4 is 11.9 Å².